The summed E-state index contributed by atoms with van der Waals surface area (Å²) in [4.78, 5) is 12.4. The number of allylic oxidation sites excluding steroid dienone is 2. The van der Waals surface area contributed by atoms with E-state index in [-0.39, 0.29) is 6.61 Å². The molecule has 0 aliphatic heterocycles. The number of nitrogens with one attached hydrogen (secondary N) is 1. The van der Waals surface area contributed by atoms with Crippen LogP contribution in [0.5, 0.6) is 0 Å². The Morgan fingerprint density at radius 3 is 1.16 bits per heavy atom. The molecule has 4 N–H and O–H groups in total. The van der Waals surface area contributed by atoms with Crippen molar-refractivity contribution in [2.45, 2.75) is 257 Å². The van der Waals surface area contributed by atoms with Crippen LogP contribution in [0.4, 0.5) is 0 Å². The fourth-order valence-corrected chi connectivity index (χ4v) is 6.89. The van der Waals surface area contributed by atoms with Crippen molar-refractivity contribution < 1.29 is 20.1 Å². The maximum absolute atomic E-state index is 12.4. The van der Waals surface area contributed by atoms with Gasteiger partial charge < -0.3 is 20.6 Å². The van der Waals surface area contributed by atoms with Gasteiger partial charge in [-0.3, -0.25) is 4.79 Å². The number of hydrogen-bond acceptors (Lipinski definition) is 4. The van der Waals surface area contributed by atoms with Crippen LogP contribution < -0.4 is 5.32 Å². The lowest BCUT2D eigenvalue weighted by molar-refractivity contribution is -0.131. The van der Waals surface area contributed by atoms with Gasteiger partial charge in [0.1, 0.15) is 6.10 Å². The van der Waals surface area contributed by atoms with Crippen LogP contribution >= 0.6 is 0 Å². The molecule has 3 atom stereocenters. The third-order valence-electron chi connectivity index (χ3n) is 10.4. The first-order valence-electron chi connectivity index (χ1n) is 22.0. The quantitative estimate of drug-likeness (QED) is 0.0380. The molecular formula is C44H87NO4. The Morgan fingerprint density at radius 2 is 0.776 bits per heavy atom. The average molecular weight is 694 g/mol. The number of hydrogen-bond donors (Lipinski definition) is 4. The molecule has 0 aliphatic rings. The Kier molecular flexibility index (Phi) is 39.1. The van der Waals surface area contributed by atoms with Crippen molar-refractivity contribution in [1.29, 1.82) is 0 Å². The van der Waals surface area contributed by atoms with Gasteiger partial charge >= 0.3 is 0 Å². The van der Waals surface area contributed by atoms with E-state index in [1.165, 1.54) is 167 Å². The summed E-state index contributed by atoms with van der Waals surface area (Å²) in [6, 6.07) is -0.712. The summed E-state index contributed by atoms with van der Waals surface area (Å²) in [5.74, 6) is -0.479. The fraction of sp³-hybridized carbons (Fsp3) is 0.932. The van der Waals surface area contributed by atoms with Crippen molar-refractivity contribution in [1.82, 2.24) is 5.32 Å². The molecule has 5 nitrogen and oxygen atoms in total. The van der Waals surface area contributed by atoms with E-state index in [0.29, 0.717) is 12.8 Å². The second kappa shape index (κ2) is 39.9. The van der Waals surface area contributed by atoms with Crippen LogP contribution in [0.1, 0.15) is 239 Å². The zero-order chi connectivity index (χ0) is 35.9. The largest absolute Gasteiger partial charge is 0.394 e. The zero-order valence-corrected chi connectivity index (χ0v) is 33.1. The molecule has 0 bridgehead atoms. The molecular weight excluding hydrogens is 606 g/mol. The molecule has 0 spiro atoms. The monoisotopic (exact) mass is 694 g/mol. The van der Waals surface area contributed by atoms with Crippen molar-refractivity contribution >= 4 is 5.91 Å². The van der Waals surface area contributed by atoms with Gasteiger partial charge in [-0.1, -0.05) is 212 Å². The van der Waals surface area contributed by atoms with Gasteiger partial charge in [0.15, 0.2) is 0 Å². The van der Waals surface area contributed by atoms with Crippen molar-refractivity contribution in [2.24, 2.45) is 0 Å². The molecule has 0 aliphatic carbocycles. The summed E-state index contributed by atoms with van der Waals surface area (Å²) in [5, 5.41) is 33.2. The fourth-order valence-electron chi connectivity index (χ4n) is 6.89. The zero-order valence-electron chi connectivity index (χ0n) is 33.1. The van der Waals surface area contributed by atoms with Gasteiger partial charge in [0, 0.05) is 0 Å². The number of unbranched alkanes of at least 4 members (excludes halogenated alkanes) is 30. The molecule has 1 amide bonds. The van der Waals surface area contributed by atoms with Gasteiger partial charge in [0.25, 0.3) is 0 Å². The summed E-state index contributed by atoms with van der Waals surface area (Å²) < 4.78 is 0. The highest BCUT2D eigenvalue weighted by Crippen LogP contribution is 2.17. The van der Waals surface area contributed by atoms with Crippen LogP contribution in [-0.2, 0) is 4.79 Å². The smallest absolute Gasteiger partial charge is 0.249 e. The standard InChI is InChI=1S/C44H87NO4/c1-3-5-7-9-11-13-15-16-17-18-19-20-21-22-23-24-25-26-27-29-30-32-34-36-38-42(47)41(40-46)45-44(49)43(48)39-37-35-33-31-28-14-12-10-8-6-4-2/h12,14,41-43,46-48H,3-11,13,15-40H2,1-2H3,(H,45,49)/b14-12-. The van der Waals surface area contributed by atoms with E-state index in [2.05, 4.69) is 31.3 Å². The van der Waals surface area contributed by atoms with Crippen LogP contribution in [0.15, 0.2) is 12.2 Å². The minimum atomic E-state index is -1.08. The summed E-state index contributed by atoms with van der Waals surface area (Å²) in [5.41, 5.74) is 0. The first-order valence-corrected chi connectivity index (χ1v) is 22.0. The third-order valence-corrected chi connectivity index (χ3v) is 10.4. The second-order valence-corrected chi connectivity index (χ2v) is 15.3. The van der Waals surface area contributed by atoms with E-state index in [1.54, 1.807) is 0 Å². The highest BCUT2D eigenvalue weighted by Gasteiger charge is 2.23. The molecule has 3 unspecified atom stereocenters. The number of carbonyl (C=O) groups is 1. The number of rotatable bonds is 40. The van der Waals surface area contributed by atoms with Gasteiger partial charge in [0.2, 0.25) is 5.91 Å². The van der Waals surface area contributed by atoms with Gasteiger partial charge in [-0.15, -0.1) is 0 Å². The molecule has 292 valence electrons. The predicted octanol–water partition coefficient (Wildman–Crippen LogP) is 12.4. The molecule has 0 saturated heterocycles. The Hall–Kier alpha value is -0.910. The predicted molar refractivity (Wildman–Crippen MR) is 213 cm³/mol. The highest BCUT2D eigenvalue weighted by atomic mass is 16.3. The Bertz CT molecular complexity index is 684. The van der Waals surface area contributed by atoms with Crippen molar-refractivity contribution in [3.8, 4) is 0 Å². The Morgan fingerprint density at radius 1 is 0.469 bits per heavy atom. The average Bonchev–Trinajstić information content (AvgIpc) is 3.11. The van der Waals surface area contributed by atoms with Crippen LogP contribution in [0.3, 0.4) is 0 Å². The SMILES string of the molecule is CCCCC/C=C\CCCCCCC(O)C(=O)NC(CO)C(O)CCCCCCCCCCCCCCCCCCCCCCCCCC. The normalized spacial score (nSPS) is 13.7. The molecule has 0 aromatic rings. The van der Waals surface area contributed by atoms with Crippen LogP contribution in [0, 0.1) is 0 Å². The lowest BCUT2D eigenvalue weighted by Gasteiger charge is -2.23. The topological polar surface area (TPSA) is 89.8 Å². The van der Waals surface area contributed by atoms with E-state index in [4.69, 9.17) is 0 Å². The maximum atomic E-state index is 12.4. The minimum Gasteiger partial charge on any atom is -0.394 e. The third kappa shape index (κ3) is 35.3. The van der Waals surface area contributed by atoms with Crippen LogP contribution in [-0.4, -0.2) is 46.1 Å². The van der Waals surface area contributed by atoms with E-state index in [0.717, 1.165) is 44.9 Å². The maximum Gasteiger partial charge on any atom is 0.249 e. The highest BCUT2D eigenvalue weighted by molar-refractivity contribution is 5.80. The summed E-state index contributed by atoms with van der Waals surface area (Å²) in [6.07, 6.45) is 46.5. The number of carbonyl (C=O) groups excluding carboxylic acids is 1. The number of aliphatic hydroxyl groups excluding tert-OH is 3. The molecule has 0 aromatic carbocycles. The van der Waals surface area contributed by atoms with Crippen molar-refractivity contribution in [3.63, 3.8) is 0 Å². The van der Waals surface area contributed by atoms with Crippen LogP contribution in [0.25, 0.3) is 0 Å². The molecule has 0 saturated carbocycles. The summed E-state index contributed by atoms with van der Waals surface area (Å²) in [7, 11) is 0. The van der Waals surface area contributed by atoms with Gasteiger partial charge in [-0.05, 0) is 38.5 Å². The molecule has 49 heavy (non-hydrogen) atoms. The summed E-state index contributed by atoms with van der Waals surface area (Å²) >= 11 is 0. The second-order valence-electron chi connectivity index (χ2n) is 15.3. The molecule has 0 rings (SSSR count). The molecule has 0 aromatic heterocycles. The Balaban J connectivity index is 3.54. The first-order chi connectivity index (χ1) is 24.1. The number of aliphatic hydroxyl groups is 3. The minimum absolute atomic E-state index is 0.314. The van der Waals surface area contributed by atoms with E-state index in [1.807, 2.05) is 0 Å². The van der Waals surface area contributed by atoms with Gasteiger partial charge in [-0.25, -0.2) is 0 Å². The molecule has 5 heteroatoms. The number of amides is 1. The molecule has 0 heterocycles. The van der Waals surface area contributed by atoms with Crippen LogP contribution in [0.2, 0.25) is 0 Å². The Labute approximate surface area is 306 Å². The molecule has 0 fully saturated rings. The van der Waals surface area contributed by atoms with Gasteiger partial charge in [-0.2, -0.15) is 0 Å². The van der Waals surface area contributed by atoms with Crippen molar-refractivity contribution in [3.05, 3.63) is 12.2 Å². The van der Waals surface area contributed by atoms with E-state index < -0.39 is 24.2 Å². The first kappa shape index (κ1) is 48.1. The lowest BCUT2D eigenvalue weighted by atomic mass is 10.0. The summed E-state index contributed by atoms with van der Waals surface area (Å²) in [6.45, 7) is 4.20. The lowest BCUT2D eigenvalue weighted by Crippen LogP contribution is -2.49. The molecule has 0 radical (unpaired) electrons. The van der Waals surface area contributed by atoms with Crippen molar-refractivity contribution in [2.75, 3.05) is 6.61 Å². The van der Waals surface area contributed by atoms with E-state index >= 15 is 0 Å². The van der Waals surface area contributed by atoms with E-state index in [9.17, 15) is 20.1 Å². The van der Waals surface area contributed by atoms with Gasteiger partial charge in [0.05, 0.1) is 18.8 Å².